The van der Waals surface area contributed by atoms with Gasteiger partial charge in [-0.3, -0.25) is 4.98 Å². The van der Waals surface area contributed by atoms with E-state index in [-0.39, 0.29) is 0 Å². The van der Waals surface area contributed by atoms with E-state index < -0.39 is 0 Å². The Morgan fingerprint density at radius 2 is 1.80 bits per heavy atom. The number of ether oxygens (including phenoxy) is 1. The summed E-state index contributed by atoms with van der Waals surface area (Å²) in [5.74, 6) is 1.60. The fraction of sp³-hybridized carbons (Fsp3) is 0.312. The molecule has 0 aliphatic heterocycles. The average molecular weight is 335 g/mol. The minimum absolute atomic E-state index is 0.765. The fourth-order valence-electron chi connectivity index (χ4n) is 1.99. The molecule has 0 bridgehead atoms. The summed E-state index contributed by atoms with van der Waals surface area (Å²) < 4.78 is 7.03. The number of aromatic nitrogens is 1. The van der Waals surface area contributed by atoms with Crippen molar-refractivity contribution in [3.8, 4) is 11.5 Å². The molecule has 1 N–H and O–H groups in total. The molecule has 2 rings (SSSR count). The lowest BCUT2D eigenvalue weighted by molar-refractivity contribution is 0.478. The largest absolute Gasteiger partial charge is 0.456 e. The molecule has 1 aromatic heterocycles. The normalized spacial score (nSPS) is 10.6. The molecule has 0 aliphatic rings. The summed E-state index contributed by atoms with van der Waals surface area (Å²) in [5.41, 5.74) is 3.45. The minimum atomic E-state index is 0.765. The molecular weight excluding hydrogens is 316 g/mol. The van der Waals surface area contributed by atoms with Crippen molar-refractivity contribution in [3.05, 3.63) is 51.8 Å². The molecule has 0 fully saturated rings. The van der Waals surface area contributed by atoms with Gasteiger partial charge in [0.25, 0.3) is 0 Å². The third-order valence-electron chi connectivity index (χ3n) is 2.99. The highest BCUT2D eigenvalue weighted by Gasteiger charge is 2.05. The zero-order valence-corrected chi connectivity index (χ0v) is 13.6. The highest BCUT2D eigenvalue weighted by atomic mass is 79.9. The van der Waals surface area contributed by atoms with Gasteiger partial charge in [0.15, 0.2) is 0 Å². The van der Waals surface area contributed by atoms with Crippen LogP contribution in [0.1, 0.15) is 23.6 Å². The maximum absolute atomic E-state index is 5.90. The first-order valence-corrected chi connectivity index (χ1v) is 7.48. The molecule has 2 aromatic rings. The summed E-state index contributed by atoms with van der Waals surface area (Å²) in [6, 6.07) is 6.06. The van der Waals surface area contributed by atoms with Crippen LogP contribution in [0.25, 0.3) is 0 Å². The highest BCUT2D eigenvalue weighted by molar-refractivity contribution is 9.10. The molecule has 0 radical (unpaired) electrons. The zero-order chi connectivity index (χ0) is 14.5. The van der Waals surface area contributed by atoms with Crippen molar-refractivity contribution in [3.63, 3.8) is 0 Å². The van der Waals surface area contributed by atoms with Crippen LogP contribution >= 0.6 is 15.9 Å². The topological polar surface area (TPSA) is 34.2 Å². The Balaban J connectivity index is 2.17. The minimum Gasteiger partial charge on any atom is -0.456 e. The molecule has 0 saturated heterocycles. The van der Waals surface area contributed by atoms with Crippen LogP contribution < -0.4 is 10.1 Å². The Labute approximate surface area is 128 Å². The molecule has 4 heteroatoms. The molecule has 0 aliphatic carbocycles. The molecule has 0 amide bonds. The Hall–Kier alpha value is -1.39. The first-order valence-electron chi connectivity index (χ1n) is 6.69. The predicted octanol–water partition coefficient (Wildman–Crippen LogP) is 4.36. The van der Waals surface area contributed by atoms with Crippen LogP contribution in [0.4, 0.5) is 0 Å². The van der Waals surface area contributed by atoms with Crippen LogP contribution in [0, 0.1) is 13.8 Å². The quantitative estimate of drug-likeness (QED) is 0.881. The summed E-state index contributed by atoms with van der Waals surface area (Å²) in [6.45, 7) is 7.95. The second kappa shape index (κ2) is 6.86. The Bertz CT molecular complexity index is 576. The monoisotopic (exact) mass is 334 g/mol. The van der Waals surface area contributed by atoms with E-state index in [4.69, 9.17) is 4.74 Å². The van der Waals surface area contributed by atoms with Gasteiger partial charge in [0.05, 0.1) is 6.20 Å². The Kier molecular flexibility index (Phi) is 5.15. The van der Waals surface area contributed by atoms with E-state index in [9.17, 15) is 0 Å². The third-order valence-corrected chi connectivity index (χ3v) is 4.25. The van der Waals surface area contributed by atoms with Crippen LogP contribution in [-0.2, 0) is 6.54 Å². The van der Waals surface area contributed by atoms with Crippen molar-refractivity contribution in [2.75, 3.05) is 6.54 Å². The second-order valence-electron chi connectivity index (χ2n) is 4.78. The number of benzene rings is 1. The summed E-state index contributed by atoms with van der Waals surface area (Å²) >= 11 is 3.56. The standard InChI is InChI=1S/C16H19BrN2O/c1-4-18-8-13-7-15(10-19-9-13)20-14-5-11(2)16(17)12(3)6-14/h5-7,9-10,18H,4,8H2,1-3H3. The number of halogens is 1. The van der Waals surface area contributed by atoms with Gasteiger partial charge >= 0.3 is 0 Å². The number of nitrogens with one attached hydrogen (secondary N) is 1. The lowest BCUT2D eigenvalue weighted by Crippen LogP contribution is -2.11. The molecule has 0 saturated carbocycles. The van der Waals surface area contributed by atoms with E-state index in [1.807, 2.05) is 24.4 Å². The van der Waals surface area contributed by atoms with Crippen LogP contribution in [-0.4, -0.2) is 11.5 Å². The molecular formula is C16H19BrN2O. The van der Waals surface area contributed by atoms with Crippen molar-refractivity contribution in [1.29, 1.82) is 0 Å². The molecule has 1 aromatic carbocycles. The van der Waals surface area contributed by atoms with Gasteiger partial charge in [-0.15, -0.1) is 0 Å². The Morgan fingerprint density at radius 1 is 1.10 bits per heavy atom. The van der Waals surface area contributed by atoms with Gasteiger partial charge in [-0.1, -0.05) is 22.9 Å². The fourth-order valence-corrected chi connectivity index (χ4v) is 2.22. The number of hydrogen-bond donors (Lipinski definition) is 1. The molecule has 20 heavy (non-hydrogen) atoms. The summed E-state index contributed by atoms with van der Waals surface area (Å²) in [5, 5.41) is 3.28. The lowest BCUT2D eigenvalue weighted by Gasteiger charge is -2.10. The van der Waals surface area contributed by atoms with Gasteiger partial charge < -0.3 is 10.1 Å². The number of hydrogen-bond acceptors (Lipinski definition) is 3. The number of aryl methyl sites for hydroxylation is 2. The van der Waals surface area contributed by atoms with E-state index in [0.717, 1.165) is 45.8 Å². The Morgan fingerprint density at radius 3 is 2.45 bits per heavy atom. The van der Waals surface area contributed by atoms with E-state index in [1.54, 1.807) is 6.20 Å². The van der Waals surface area contributed by atoms with Gasteiger partial charge in [0, 0.05) is 17.2 Å². The molecule has 0 atom stereocenters. The molecule has 0 unspecified atom stereocenters. The summed E-state index contributed by atoms with van der Waals surface area (Å²) in [7, 11) is 0. The second-order valence-corrected chi connectivity index (χ2v) is 5.58. The van der Waals surface area contributed by atoms with Gasteiger partial charge in [0.2, 0.25) is 0 Å². The van der Waals surface area contributed by atoms with Crippen molar-refractivity contribution >= 4 is 15.9 Å². The molecule has 0 spiro atoms. The van der Waals surface area contributed by atoms with Gasteiger partial charge in [0.1, 0.15) is 11.5 Å². The maximum Gasteiger partial charge on any atom is 0.146 e. The maximum atomic E-state index is 5.90. The number of rotatable bonds is 5. The average Bonchev–Trinajstić information content (AvgIpc) is 2.43. The molecule has 3 nitrogen and oxygen atoms in total. The van der Waals surface area contributed by atoms with Crippen LogP contribution in [0.3, 0.4) is 0 Å². The van der Waals surface area contributed by atoms with Crippen molar-refractivity contribution in [1.82, 2.24) is 10.3 Å². The summed E-state index contributed by atoms with van der Waals surface area (Å²) in [4.78, 5) is 4.22. The smallest absolute Gasteiger partial charge is 0.146 e. The first-order chi connectivity index (χ1) is 9.60. The van der Waals surface area contributed by atoms with Crippen LogP contribution in [0.15, 0.2) is 35.1 Å². The van der Waals surface area contributed by atoms with Crippen molar-refractivity contribution in [2.24, 2.45) is 0 Å². The third kappa shape index (κ3) is 3.81. The SMILES string of the molecule is CCNCc1cncc(Oc2cc(C)c(Br)c(C)c2)c1. The zero-order valence-electron chi connectivity index (χ0n) is 12.0. The van der Waals surface area contributed by atoms with Crippen LogP contribution in [0.2, 0.25) is 0 Å². The van der Waals surface area contributed by atoms with Crippen LogP contribution in [0.5, 0.6) is 11.5 Å². The predicted molar refractivity (Wildman–Crippen MR) is 85.3 cm³/mol. The van der Waals surface area contributed by atoms with E-state index in [2.05, 4.69) is 47.0 Å². The molecule has 106 valence electrons. The number of pyridine rings is 1. The summed E-state index contributed by atoms with van der Waals surface area (Å²) in [6.07, 6.45) is 3.59. The lowest BCUT2D eigenvalue weighted by atomic mass is 10.1. The van der Waals surface area contributed by atoms with Crippen molar-refractivity contribution < 1.29 is 4.74 Å². The highest BCUT2D eigenvalue weighted by Crippen LogP contribution is 2.29. The van der Waals surface area contributed by atoms with Gasteiger partial charge in [-0.2, -0.15) is 0 Å². The molecule has 1 heterocycles. The van der Waals surface area contributed by atoms with E-state index >= 15 is 0 Å². The van der Waals surface area contributed by atoms with E-state index in [1.165, 1.54) is 0 Å². The van der Waals surface area contributed by atoms with Crippen molar-refractivity contribution in [2.45, 2.75) is 27.3 Å². The van der Waals surface area contributed by atoms with Gasteiger partial charge in [-0.25, -0.2) is 0 Å². The first kappa shape index (κ1) is 15.0. The van der Waals surface area contributed by atoms with Gasteiger partial charge in [-0.05, 0) is 55.3 Å². The number of nitrogens with zero attached hydrogens (tertiary/aromatic N) is 1. The van der Waals surface area contributed by atoms with E-state index in [0.29, 0.717) is 0 Å².